The Hall–Kier alpha value is -1.65. The highest BCUT2D eigenvalue weighted by Crippen LogP contribution is 2.29. The minimum absolute atomic E-state index is 0.128. The van der Waals surface area contributed by atoms with Crippen molar-refractivity contribution in [3.63, 3.8) is 0 Å². The van der Waals surface area contributed by atoms with Crippen molar-refractivity contribution in [3.8, 4) is 0 Å². The molecule has 0 saturated heterocycles. The van der Waals surface area contributed by atoms with Gasteiger partial charge in [-0.15, -0.1) is 0 Å². The van der Waals surface area contributed by atoms with E-state index in [0.717, 1.165) is 25.4 Å². The van der Waals surface area contributed by atoms with Crippen LogP contribution in [-0.2, 0) is 0 Å². The van der Waals surface area contributed by atoms with Crippen molar-refractivity contribution in [2.24, 2.45) is 11.8 Å². The van der Waals surface area contributed by atoms with Crippen LogP contribution < -0.4 is 10.6 Å². The number of hydrogen-bond acceptors (Lipinski definition) is 4. The van der Waals surface area contributed by atoms with Gasteiger partial charge in [-0.3, -0.25) is 9.78 Å². The van der Waals surface area contributed by atoms with Crippen LogP contribution in [0.1, 0.15) is 50.0 Å². The second-order valence-electron chi connectivity index (χ2n) is 5.71. The van der Waals surface area contributed by atoms with E-state index < -0.39 is 0 Å². The maximum atomic E-state index is 12.1. The van der Waals surface area contributed by atoms with E-state index in [1.807, 2.05) is 0 Å². The van der Waals surface area contributed by atoms with E-state index in [-0.39, 0.29) is 5.91 Å². The smallest absolute Gasteiger partial charge is 0.271 e. The number of carbonyl (C=O) groups is 1. The maximum absolute atomic E-state index is 12.1. The summed E-state index contributed by atoms with van der Waals surface area (Å²) in [5.41, 5.74) is 0.386. The van der Waals surface area contributed by atoms with Gasteiger partial charge in [0.2, 0.25) is 0 Å². The molecule has 0 spiro atoms. The molecule has 2 N–H and O–H groups in total. The van der Waals surface area contributed by atoms with Crippen molar-refractivity contribution in [2.45, 2.75) is 39.5 Å². The van der Waals surface area contributed by atoms with Crippen LogP contribution in [0.2, 0.25) is 0 Å². The lowest BCUT2D eigenvalue weighted by Gasteiger charge is -2.11. The Morgan fingerprint density at radius 2 is 2.25 bits per heavy atom. The van der Waals surface area contributed by atoms with Gasteiger partial charge in [0, 0.05) is 13.1 Å². The highest BCUT2D eigenvalue weighted by molar-refractivity contribution is 5.92. The van der Waals surface area contributed by atoms with Crippen LogP contribution >= 0.6 is 0 Å². The Labute approximate surface area is 120 Å². The minimum atomic E-state index is -0.128. The van der Waals surface area contributed by atoms with Gasteiger partial charge in [0.1, 0.15) is 11.5 Å². The number of nitrogens with one attached hydrogen (secondary N) is 2. The Balaban J connectivity index is 1.85. The van der Waals surface area contributed by atoms with Gasteiger partial charge in [0.15, 0.2) is 0 Å². The first-order chi connectivity index (χ1) is 9.69. The van der Waals surface area contributed by atoms with Gasteiger partial charge in [-0.2, -0.15) is 0 Å². The zero-order chi connectivity index (χ0) is 14.4. The van der Waals surface area contributed by atoms with E-state index >= 15 is 0 Å². The van der Waals surface area contributed by atoms with Crippen LogP contribution in [-0.4, -0.2) is 29.0 Å². The summed E-state index contributed by atoms with van der Waals surface area (Å²) in [7, 11) is 0. The molecule has 110 valence electrons. The Morgan fingerprint density at radius 1 is 1.40 bits per heavy atom. The average Bonchev–Trinajstić information content (AvgIpc) is 2.88. The highest BCUT2D eigenvalue weighted by atomic mass is 16.1. The third kappa shape index (κ3) is 4.18. The lowest BCUT2D eigenvalue weighted by molar-refractivity contribution is 0.0942. The molecule has 1 amide bonds. The number of carbonyl (C=O) groups excluding carboxylic acids is 1. The zero-order valence-electron chi connectivity index (χ0n) is 12.4. The van der Waals surface area contributed by atoms with E-state index in [0.29, 0.717) is 17.4 Å². The van der Waals surface area contributed by atoms with Crippen molar-refractivity contribution in [1.82, 2.24) is 15.3 Å². The van der Waals surface area contributed by atoms with Crippen LogP contribution in [0.4, 0.5) is 5.82 Å². The van der Waals surface area contributed by atoms with Gasteiger partial charge in [-0.1, -0.05) is 20.3 Å². The summed E-state index contributed by atoms with van der Waals surface area (Å²) in [4.78, 5) is 20.4. The summed E-state index contributed by atoms with van der Waals surface area (Å²) in [6, 6.07) is 0. The van der Waals surface area contributed by atoms with Gasteiger partial charge in [-0.05, 0) is 31.1 Å². The quantitative estimate of drug-likeness (QED) is 0.837. The zero-order valence-corrected chi connectivity index (χ0v) is 12.4. The van der Waals surface area contributed by atoms with E-state index in [1.54, 1.807) is 6.20 Å². The lowest BCUT2D eigenvalue weighted by Crippen LogP contribution is -2.29. The van der Waals surface area contributed by atoms with Gasteiger partial charge >= 0.3 is 0 Å². The van der Waals surface area contributed by atoms with E-state index in [4.69, 9.17) is 0 Å². The fraction of sp³-hybridized carbons (Fsp3) is 0.667. The normalized spacial score (nSPS) is 21.7. The van der Waals surface area contributed by atoms with Crippen molar-refractivity contribution in [1.29, 1.82) is 0 Å². The molecule has 1 heterocycles. The van der Waals surface area contributed by atoms with Crippen LogP contribution in [0.15, 0.2) is 12.4 Å². The molecule has 1 saturated carbocycles. The molecule has 0 aliphatic heterocycles. The van der Waals surface area contributed by atoms with Crippen molar-refractivity contribution < 1.29 is 4.79 Å². The minimum Gasteiger partial charge on any atom is -0.369 e. The summed E-state index contributed by atoms with van der Waals surface area (Å²) >= 11 is 0. The van der Waals surface area contributed by atoms with Gasteiger partial charge in [0.25, 0.3) is 5.91 Å². The van der Waals surface area contributed by atoms with Gasteiger partial charge in [-0.25, -0.2) is 4.98 Å². The first-order valence-corrected chi connectivity index (χ1v) is 7.53. The molecule has 20 heavy (non-hydrogen) atoms. The number of nitrogens with zero attached hydrogens (tertiary/aromatic N) is 2. The van der Waals surface area contributed by atoms with Crippen LogP contribution in [0.5, 0.6) is 0 Å². The monoisotopic (exact) mass is 276 g/mol. The molecule has 1 fully saturated rings. The van der Waals surface area contributed by atoms with Crippen LogP contribution in [0.3, 0.4) is 0 Å². The van der Waals surface area contributed by atoms with Crippen LogP contribution in [0.25, 0.3) is 0 Å². The summed E-state index contributed by atoms with van der Waals surface area (Å²) < 4.78 is 0. The molecule has 0 aromatic carbocycles. The SMILES string of the molecule is CCCNc1cncc(C(=O)NCC2CCC(C)C2)n1. The number of anilines is 1. The standard InChI is InChI=1S/C15H24N4O/c1-3-6-17-14-10-16-9-13(19-14)15(20)18-8-12-5-4-11(2)7-12/h9-12H,3-8H2,1-2H3,(H,17,19)(H,18,20). The van der Waals surface area contributed by atoms with Gasteiger partial charge < -0.3 is 10.6 Å². The first-order valence-electron chi connectivity index (χ1n) is 7.53. The molecular formula is C15H24N4O. The second kappa shape index (κ2) is 7.22. The van der Waals surface area contributed by atoms with Crippen molar-refractivity contribution >= 4 is 11.7 Å². The fourth-order valence-corrected chi connectivity index (χ4v) is 2.65. The number of amides is 1. The molecule has 2 unspecified atom stereocenters. The average molecular weight is 276 g/mol. The molecule has 1 aromatic heterocycles. The second-order valence-corrected chi connectivity index (χ2v) is 5.71. The molecule has 2 rings (SSSR count). The topological polar surface area (TPSA) is 66.9 Å². The van der Waals surface area contributed by atoms with Gasteiger partial charge in [0.05, 0.1) is 12.4 Å². The van der Waals surface area contributed by atoms with E-state index in [2.05, 4.69) is 34.4 Å². The summed E-state index contributed by atoms with van der Waals surface area (Å²) in [5.74, 6) is 1.94. The molecule has 5 nitrogen and oxygen atoms in total. The van der Waals surface area contributed by atoms with Crippen molar-refractivity contribution in [2.75, 3.05) is 18.4 Å². The summed E-state index contributed by atoms with van der Waals surface area (Å²) in [6.07, 6.45) is 7.87. The molecular weight excluding hydrogens is 252 g/mol. The molecule has 2 atom stereocenters. The lowest BCUT2D eigenvalue weighted by atomic mass is 10.1. The van der Waals surface area contributed by atoms with Crippen molar-refractivity contribution in [3.05, 3.63) is 18.1 Å². The van der Waals surface area contributed by atoms with E-state index in [1.165, 1.54) is 25.5 Å². The largest absolute Gasteiger partial charge is 0.369 e. The Kier molecular flexibility index (Phi) is 5.32. The summed E-state index contributed by atoms with van der Waals surface area (Å²) in [6.45, 7) is 5.94. The fourth-order valence-electron chi connectivity index (χ4n) is 2.65. The summed E-state index contributed by atoms with van der Waals surface area (Å²) in [5, 5.41) is 6.11. The Bertz CT molecular complexity index is 449. The third-order valence-electron chi connectivity index (χ3n) is 3.78. The molecule has 1 aromatic rings. The number of aromatic nitrogens is 2. The molecule has 0 bridgehead atoms. The van der Waals surface area contributed by atoms with Crippen LogP contribution in [0, 0.1) is 11.8 Å². The molecule has 1 aliphatic carbocycles. The number of hydrogen-bond donors (Lipinski definition) is 2. The first kappa shape index (κ1) is 14.8. The Morgan fingerprint density at radius 3 is 2.95 bits per heavy atom. The molecule has 1 aliphatic rings. The molecule has 5 heteroatoms. The third-order valence-corrected chi connectivity index (χ3v) is 3.78. The predicted octanol–water partition coefficient (Wildman–Crippen LogP) is 2.46. The van der Waals surface area contributed by atoms with E-state index in [9.17, 15) is 4.79 Å². The predicted molar refractivity (Wildman–Crippen MR) is 79.7 cm³/mol. The maximum Gasteiger partial charge on any atom is 0.271 e. The number of rotatable bonds is 6. The molecule has 0 radical (unpaired) electrons. The highest BCUT2D eigenvalue weighted by Gasteiger charge is 2.22.